The van der Waals surface area contributed by atoms with E-state index in [-0.39, 0.29) is 5.91 Å². The van der Waals surface area contributed by atoms with E-state index in [2.05, 4.69) is 15.3 Å². The van der Waals surface area contributed by atoms with Crippen molar-refractivity contribution >= 4 is 23.1 Å². The molecule has 0 unspecified atom stereocenters. The number of hydrogen-bond acceptors (Lipinski definition) is 3. The Bertz CT molecular complexity index is 384. The average Bonchev–Trinajstić information content (AvgIpc) is 2.20. The van der Waals surface area contributed by atoms with E-state index in [1.54, 1.807) is 12.3 Å². The summed E-state index contributed by atoms with van der Waals surface area (Å²) in [7, 11) is 0. The fourth-order valence-electron chi connectivity index (χ4n) is 1.24. The Morgan fingerprint density at radius 1 is 1.54 bits per heavy atom. The zero-order valence-corrected chi connectivity index (χ0v) is 7.24. The van der Waals surface area contributed by atoms with Crippen molar-refractivity contribution in [2.75, 3.05) is 5.32 Å². The summed E-state index contributed by atoms with van der Waals surface area (Å²) in [5, 5.41) is 2.69. The Kier molecular flexibility index (Phi) is 1.81. The molecule has 0 aliphatic carbocycles. The molecule has 4 heteroatoms. The van der Waals surface area contributed by atoms with Gasteiger partial charge in [-0.05, 0) is 19.1 Å². The Morgan fingerprint density at radius 2 is 2.38 bits per heavy atom. The molecule has 4 nitrogen and oxygen atoms in total. The van der Waals surface area contributed by atoms with Gasteiger partial charge >= 0.3 is 0 Å². The minimum atomic E-state index is -0.0568. The number of amides is 1. The van der Waals surface area contributed by atoms with Crippen molar-refractivity contribution in [2.45, 2.75) is 13.3 Å². The van der Waals surface area contributed by atoms with Crippen LogP contribution in [-0.4, -0.2) is 16.6 Å². The molecular weight excluding hydrogens is 166 g/mol. The van der Waals surface area contributed by atoms with Crippen LogP contribution in [0.3, 0.4) is 0 Å². The van der Waals surface area contributed by atoms with Crippen LogP contribution in [0.4, 0.5) is 11.5 Å². The first-order valence-electron chi connectivity index (χ1n) is 4.05. The van der Waals surface area contributed by atoms with Gasteiger partial charge in [-0.2, -0.15) is 0 Å². The van der Waals surface area contributed by atoms with Gasteiger partial charge in [0.15, 0.2) is 5.82 Å². The molecule has 0 saturated heterocycles. The Balaban J connectivity index is 2.51. The van der Waals surface area contributed by atoms with E-state index in [4.69, 9.17) is 0 Å². The fourth-order valence-corrected chi connectivity index (χ4v) is 1.24. The standard InChI is InChI=1S/C9H9N3O/c1-6-5-8(13)12-9-7(11-6)3-2-4-10-9/h2-4H,5H2,1H3,(H,10,12,13). The molecule has 1 N–H and O–H groups in total. The molecule has 1 aliphatic heterocycles. The molecule has 0 aromatic carbocycles. The van der Waals surface area contributed by atoms with Crippen LogP contribution in [0.2, 0.25) is 0 Å². The van der Waals surface area contributed by atoms with Crippen molar-refractivity contribution in [1.82, 2.24) is 4.98 Å². The lowest BCUT2D eigenvalue weighted by Crippen LogP contribution is -2.13. The predicted octanol–water partition coefficient (Wildman–Crippen LogP) is 1.52. The van der Waals surface area contributed by atoms with Crippen LogP contribution >= 0.6 is 0 Å². The fraction of sp³-hybridized carbons (Fsp3) is 0.222. The maximum Gasteiger partial charge on any atom is 0.231 e. The van der Waals surface area contributed by atoms with Crippen LogP contribution in [0.1, 0.15) is 13.3 Å². The van der Waals surface area contributed by atoms with Gasteiger partial charge in [-0.15, -0.1) is 0 Å². The van der Waals surface area contributed by atoms with Crippen molar-refractivity contribution < 1.29 is 4.79 Å². The smallest absolute Gasteiger partial charge is 0.231 e. The SMILES string of the molecule is CC1=Nc2cccnc2NC(=O)C1. The number of rotatable bonds is 0. The number of pyridine rings is 1. The first-order chi connectivity index (χ1) is 6.25. The molecule has 1 amide bonds. The topological polar surface area (TPSA) is 54.4 Å². The summed E-state index contributed by atoms with van der Waals surface area (Å²) in [6.45, 7) is 1.84. The van der Waals surface area contributed by atoms with Gasteiger partial charge < -0.3 is 5.32 Å². The van der Waals surface area contributed by atoms with Crippen molar-refractivity contribution in [2.24, 2.45) is 4.99 Å². The lowest BCUT2D eigenvalue weighted by Gasteiger charge is -2.00. The van der Waals surface area contributed by atoms with Crippen LogP contribution in [0.25, 0.3) is 0 Å². The molecule has 13 heavy (non-hydrogen) atoms. The van der Waals surface area contributed by atoms with Gasteiger partial charge in [0.25, 0.3) is 0 Å². The highest BCUT2D eigenvalue weighted by Gasteiger charge is 2.12. The third kappa shape index (κ3) is 1.56. The van der Waals surface area contributed by atoms with Gasteiger partial charge in [0.05, 0.1) is 6.42 Å². The van der Waals surface area contributed by atoms with Crippen molar-refractivity contribution in [1.29, 1.82) is 0 Å². The van der Waals surface area contributed by atoms with E-state index in [9.17, 15) is 4.79 Å². The summed E-state index contributed by atoms with van der Waals surface area (Å²) in [5.41, 5.74) is 1.54. The minimum Gasteiger partial charge on any atom is -0.309 e. The lowest BCUT2D eigenvalue weighted by atomic mass is 10.3. The predicted molar refractivity (Wildman–Crippen MR) is 50.3 cm³/mol. The maximum absolute atomic E-state index is 11.2. The average molecular weight is 175 g/mol. The van der Waals surface area contributed by atoms with Gasteiger partial charge in [0.2, 0.25) is 5.91 Å². The van der Waals surface area contributed by atoms with E-state index in [1.165, 1.54) is 0 Å². The van der Waals surface area contributed by atoms with Crippen molar-refractivity contribution in [3.05, 3.63) is 18.3 Å². The molecule has 0 radical (unpaired) electrons. The second-order valence-corrected chi connectivity index (χ2v) is 2.94. The summed E-state index contributed by atoms with van der Waals surface area (Å²) in [6, 6.07) is 3.63. The van der Waals surface area contributed by atoms with Gasteiger partial charge in [-0.3, -0.25) is 9.79 Å². The van der Waals surface area contributed by atoms with E-state index in [1.807, 2.05) is 13.0 Å². The van der Waals surface area contributed by atoms with Gasteiger partial charge in [0.1, 0.15) is 5.69 Å². The number of anilines is 1. The third-order valence-corrected chi connectivity index (χ3v) is 1.77. The van der Waals surface area contributed by atoms with Crippen LogP contribution in [0.15, 0.2) is 23.3 Å². The highest BCUT2D eigenvalue weighted by molar-refractivity contribution is 6.09. The van der Waals surface area contributed by atoms with Gasteiger partial charge in [-0.1, -0.05) is 0 Å². The third-order valence-electron chi connectivity index (χ3n) is 1.77. The number of nitrogens with zero attached hydrogens (tertiary/aromatic N) is 2. The second kappa shape index (κ2) is 2.97. The van der Waals surface area contributed by atoms with E-state index < -0.39 is 0 Å². The molecule has 2 heterocycles. The number of aliphatic imine (C=N–C) groups is 1. The first kappa shape index (κ1) is 7.91. The molecule has 2 rings (SSSR count). The molecule has 0 atom stereocenters. The maximum atomic E-state index is 11.2. The van der Waals surface area contributed by atoms with E-state index >= 15 is 0 Å². The van der Waals surface area contributed by atoms with E-state index in [0.717, 1.165) is 11.4 Å². The number of nitrogens with one attached hydrogen (secondary N) is 1. The summed E-state index contributed by atoms with van der Waals surface area (Å²) < 4.78 is 0. The number of fused-ring (bicyclic) bond motifs is 1. The number of aromatic nitrogens is 1. The summed E-state index contributed by atoms with van der Waals surface area (Å²) in [6.07, 6.45) is 1.98. The van der Waals surface area contributed by atoms with Crippen molar-refractivity contribution in [3.8, 4) is 0 Å². The number of carbonyl (C=O) groups excluding carboxylic acids is 1. The highest BCUT2D eigenvalue weighted by atomic mass is 16.1. The summed E-state index contributed by atoms with van der Waals surface area (Å²) in [5.74, 6) is 0.489. The van der Waals surface area contributed by atoms with Crippen LogP contribution < -0.4 is 5.32 Å². The summed E-state index contributed by atoms with van der Waals surface area (Å²) in [4.78, 5) is 19.5. The molecule has 1 aromatic heterocycles. The Labute approximate surface area is 75.7 Å². The Morgan fingerprint density at radius 3 is 3.23 bits per heavy atom. The van der Waals surface area contributed by atoms with Crippen molar-refractivity contribution in [3.63, 3.8) is 0 Å². The monoisotopic (exact) mass is 175 g/mol. The van der Waals surface area contributed by atoms with E-state index in [0.29, 0.717) is 12.2 Å². The molecule has 0 bridgehead atoms. The lowest BCUT2D eigenvalue weighted by molar-refractivity contribution is -0.115. The zero-order valence-electron chi connectivity index (χ0n) is 7.24. The van der Waals surface area contributed by atoms with Crippen LogP contribution in [0, 0.1) is 0 Å². The first-order valence-corrected chi connectivity index (χ1v) is 4.05. The number of carbonyl (C=O) groups is 1. The molecule has 1 aromatic rings. The quantitative estimate of drug-likeness (QED) is 0.649. The molecule has 0 saturated carbocycles. The molecule has 0 spiro atoms. The summed E-state index contributed by atoms with van der Waals surface area (Å²) >= 11 is 0. The molecular formula is C9H9N3O. The van der Waals surface area contributed by atoms with Gasteiger partial charge in [-0.25, -0.2) is 4.98 Å². The zero-order chi connectivity index (χ0) is 9.26. The minimum absolute atomic E-state index is 0.0568. The van der Waals surface area contributed by atoms with Crippen LogP contribution in [-0.2, 0) is 4.79 Å². The highest BCUT2D eigenvalue weighted by Crippen LogP contribution is 2.24. The molecule has 0 fully saturated rings. The number of hydrogen-bond donors (Lipinski definition) is 1. The Hall–Kier alpha value is -1.71. The molecule has 66 valence electrons. The second-order valence-electron chi connectivity index (χ2n) is 2.94. The van der Waals surface area contributed by atoms with Gasteiger partial charge in [0, 0.05) is 11.9 Å². The largest absolute Gasteiger partial charge is 0.309 e. The van der Waals surface area contributed by atoms with Crippen LogP contribution in [0.5, 0.6) is 0 Å². The normalized spacial score (nSPS) is 15.5. The molecule has 1 aliphatic rings.